The van der Waals surface area contributed by atoms with E-state index < -0.39 is 39.2 Å². The number of esters is 1. The van der Waals surface area contributed by atoms with E-state index in [0.29, 0.717) is 0 Å². The second-order valence-corrected chi connectivity index (χ2v) is 8.46. The number of carbonyl (C=O) groups excluding carboxylic acids is 2. The van der Waals surface area contributed by atoms with E-state index in [0.717, 1.165) is 7.11 Å². The van der Waals surface area contributed by atoms with E-state index >= 15 is 0 Å². The van der Waals surface area contributed by atoms with E-state index in [1.54, 1.807) is 26.0 Å². The number of carbonyl (C=O) groups is 2. The third kappa shape index (κ3) is 5.69. The maximum absolute atomic E-state index is 12.6. The smallest absolute Gasteiger partial charge is 0.309 e. The Balaban J connectivity index is 3.02. The maximum atomic E-state index is 12.6. The van der Waals surface area contributed by atoms with Gasteiger partial charge in [-0.05, 0) is 25.0 Å². The van der Waals surface area contributed by atoms with Gasteiger partial charge in [0.1, 0.15) is 11.8 Å². The van der Waals surface area contributed by atoms with Gasteiger partial charge in [0.05, 0.1) is 23.8 Å². The van der Waals surface area contributed by atoms with Gasteiger partial charge < -0.3 is 9.47 Å². The number of benzene rings is 1. The van der Waals surface area contributed by atoms with Gasteiger partial charge in [0, 0.05) is 0 Å². The number of amides is 1. The Bertz CT molecular complexity index is 828. The summed E-state index contributed by atoms with van der Waals surface area (Å²) >= 11 is 0. The molecule has 148 valence electrons. The van der Waals surface area contributed by atoms with Crippen molar-refractivity contribution in [1.82, 2.24) is 4.72 Å². The molecule has 1 amide bonds. The molecule has 27 heavy (non-hydrogen) atoms. The molecule has 1 N–H and O–H groups in total. The first-order valence-corrected chi connectivity index (χ1v) is 9.88. The van der Waals surface area contributed by atoms with Crippen molar-refractivity contribution in [2.24, 2.45) is 11.8 Å². The number of hydrogen-bond acceptors (Lipinski definition) is 7. The predicted octanol–water partition coefficient (Wildman–Crippen LogP) is 1.61. The minimum Gasteiger partial charge on any atom is -0.479 e. The summed E-state index contributed by atoms with van der Waals surface area (Å²) in [4.78, 5) is 24.1. The highest BCUT2D eigenvalue weighted by Crippen LogP contribution is 2.21. The number of ether oxygens (including phenoxy) is 2. The largest absolute Gasteiger partial charge is 0.479 e. The van der Waals surface area contributed by atoms with Crippen molar-refractivity contribution in [1.29, 1.82) is 5.26 Å². The number of sulfonamides is 1. The summed E-state index contributed by atoms with van der Waals surface area (Å²) in [5.41, 5.74) is 0.228. The number of nitriles is 1. The van der Waals surface area contributed by atoms with E-state index in [4.69, 9.17) is 10.00 Å². The van der Waals surface area contributed by atoms with Gasteiger partial charge >= 0.3 is 5.97 Å². The van der Waals surface area contributed by atoms with Crippen LogP contribution in [0.1, 0.15) is 33.3 Å². The van der Waals surface area contributed by atoms with Crippen molar-refractivity contribution in [3.05, 3.63) is 29.8 Å². The Hall–Kier alpha value is -2.60. The zero-order valence-corrected chi connectivity index (χ0v) is 16.7. The van der Waals surface area contributed by atoms with Crippen LogP contribution in [0.2, 0.25) is 0 Å². The molecule has 0 saturated heterocycles. The van der Waals surface area contributed by atoms with Crippen molar-refractivity contribution >= 4 is 21.9 Å². The second-order valence-electron chi connectivity index (χ2n) is 6.42. The van der Waals surface area contributed by atoms with Crippen LogP contribution >= 0.6 is 0 Å². The van der Waals surface area contributed by atoms with Gasteiger partial charge in [-0.25, -0.2) is 13.1 Å². The highest BCUT2D eigenvalue weighted by molar-refractivity contribution is 7.90. The third-order valence-electron chi connectivity index (χ3n) is 4.13. The van der Waals surface area contributed by atoms with Crippen LogP contribution in [0.15, 0.2) is 24.3 Å². The summed E-state index contributed by atoms with van der Waals surface area (Å²) in [5, 5.41) is 7.95. The molecule has 0 fully saturated rings. The summed E-state index contributed by atoms with van der Waals surface area (Å²) in [6, 6.07) is 8.30. The van der Waals surface area contributed by atoms with Gasteiger partial charge in [0.25, 0.3) is 5.91 Å². The maximum Gasteiger partial charge on any atom is 0.309 e. The van der Waals surface area contributed by atoms with Crippen LogP contribution < -0.4 is 9.46 Å². The molecule has 0 aliphatic rings. The summed E-state index contributed by atoms with van der Waals surface area (Å²) in [7, 11) is -2.99. The van der Waals surface area contributed by atoms with Gasteiger partial charge in [0.15, 0.2) is 6.10 Å². The SMILES string of the molecule is COC(=O)[C@H](C)[C@@H](C)S(=O)(=O)NC(=O)[C@H](Oc1ccccc1C#N)C(C)C. The van der Waals surface area contributed by atoms with Crippen LogP contribution in [-0.2, 0) is 24.3 Å². The average Bonchev–Trinajstić information content (AvgIpc) is 2.63. The lowest BCUT2D eigenvalue weighted by Crippen LogP contribution is -2.48. The van der Waals surface area contributed by atoms with Crippen molar-refractivity contribution in [3.8, 4) is 11.8 Å². The average molecular weight is 396 g/mol. The number of rotatable bonds is 8. The molecule has 0 aromatic heterocycles. The number of nitrogens with zero attached hydrogens (tertiary/aromatic N) is 1. The minimum atomic E-state index is -4.15. The Morgan fingerprint density at radius 2 is 1.74 bits per heavy atom. The van der Waals surface area contributed by atoms with Gasteiger partial charge in [-0.2, -0.15) is 5.26 Å². The monoisotopic (exact) mass is 396 g/mol. The molecular formula is C18H24N2O6S. The highest BCUT2D eigenvalue weighted by Gasteiger charge is 2.36. The van der Waals surface area contributed by atoms with E-state index in [1.165, 1.54) is 26.0 Å². The molecule has 0 heterocycles. The van der Waals surface area contributed by atoms with E-state index in [9.17, 15) is 18.0 Å². The molecule has 1 aromatic rings. The normalized spacial score (nSPS) is 14.6. The Labute approximate surface area is 159 Å². The number of methoxy groups -OCH3 is 1. The number of nitrogens with one attached hydrogen (secondary N) is 1. The second kappa shape index (κ2) is 9.37. The van der Waals surface area contributed by atoms with E-state index in [1.807, 2.05) is 10.8 Å². The zero-order chi connectivity index (χ0) is 20.8. The first kappa shape index (κ1) is 22.4. The lowest BCUT2D eigenvalue weighted by molar-refractivity contribution is -0.144. The third-order valence-corrected chi connectivity index (χ3v) is 6.01. The van der Waals surface area contributed by atoms with Crippen molar-refractivity contribution in [2.75, 3.05) is 7.11 Å². The fourth-order valence-corrected chi connectivity index (χ4v) is 3.46. The van der Waals surface area contributed by atoms with Gasteiger partial charge in [-0.3, -0.25) is 9.59 Å². The molecule has 0 aliphatic carbocycles. The lowest BCUT2D eigenvalue weighted by atomic mass is 10.1. The van der Waals surface area contributed by atoms with E-state index in [-0.39, 0.29) is 17.2 Å². The van der Waals surface area contributed by atoms with Crippen LogP contribution in [0.4, 0.5) is 0 Å². The number of hydrogen-bond donors (Lipinski definition) is 1. The minimum absolute atomic E-state index is 0.183. The summed E-state index contributed by atoms with van der Waals surface area (Å²) < 4.78 is 37.1. The topological polar surface area (TPSA) is 123 Å². The first-order chi connectivity index (χ1) is 12.5. The van der Waals surface area contributed by atoms with Gasteiger partial charge in [-0.1, -0.05) is 32.9 Å². The fraction of sp³-hybridized carbons (Fsp3) is 0.500. The van der Waals surface area contributed by atoms with Crippen LogP contribution in [0.5, 0.6) is 5.75 Å². The van der Waals surface area contributed by atoms with Gasteiger partial charge in [0.2, 0.25) is 10.0 Å². The molecule has 3 atom stereocenters. The molecule has 1 rings (SSSR count). The molecule has 0 radical (unpaired) electrons. The van der Waals surface area contributed by atoms with Crippen molar-refractivity contribution in [2.45, 2.75) is 39.0 Å². The Morgan fingerprint density at radius 1 is 1.15 bits per heavy atom. The quantitative estimate of drug-likeness (QED) is 0.662. The molecular weight excluding hydrogens is 372 g/mol. The van der Waals surface area contributed by atoms with Crippen molar-refractivity contribution in [3.63, 3.8) is 0 Å². The summed E-state index contributed by atoms with van der Waals surface area (Å²) in [5.74, 6) is -2.72. The van der Waals surface area contributed by atoms with Crippen LogP contribution in [-0.4, -0.2) is 38.8 Å². The molecule has 0 aliphatic heterocycles. The molecule has 0 unspecified atom stereocenters. The summed E-state index contributed by atoms with van der Waals surface area (Å²) in [6.07, 6.45) is -1.14. The standard InChI is InChI=1S/C18H24N2O6S/c1-11(2)16(26-15-9-7-6-8-14(15)10-19)17(21)20-27(23,24)13(4)12(3)18(22)25-5/h6-9,11-13,16H,1-5H3,(H,20,21)/t12-,13-,16-/m1/s1. The molecule has 0 spiro atoms. The molecule has 8 nitrogen and oxygen atoms in total. The zero-order valence-electron chi connectivity index (χ0n) is 15.9. The van der Waals surface area contributed by atoms with Crippen LogP contribution in [0, 0.1) is 23.2 Å². The predicted molar refractivity (Wildman–Crippen MR) is 98.1 cm³/mol. The fourth-order valence-electron chi connectivity index (χ4n) is 2.23. The Morgan fingerprint density at radius 3 is 2.26 bits per heavy atom. The van der Waals surface area contributed by atoms with Crippen LogP contribution in [0.3, 0.4) is 0 Å². The van der Waals surface area contributed by atoms with Crippen LogP contribution in [0.25, 0.3) is 0 Å². The van der Waals surface area contributed by atoms with Crippen molar-refractivity contribution < 1.29 is 27.5 Å². The number of para-hydroxylation sites is 1. The summed E-state index contributed by atoms with van der Waals surface area (Å²) in [6.45, 7) is 6.09. The first-order valence-electron chi connectivity index (χ1n) is 8.34. The van der Waals surface area contributed by atoms with Gasteiger partial charge in [-0.15, -0.1) is 0 Å². The van der Waals surface area contributed by atoms with E-state index in [2.05, 4.69) is 4.74 Å². The Kier molecular flexibility index (Phi) is 7.79. The molecule has 1 aromatic carbocycles. The lowest BCUT2D eigenvalue weighted by Gasteiger charge is -2.24. The molecule has 0 bridgehead atoms. The highest BCUT2D eigenvalue weighted by atomic mass is 32.2. The molecule has 9 heteroatoms. The molecule has 0 saturated carbocycles.